The van der Waals surface area contributed by atoms with E-state index in [1.165, 1.54) is 0 Å². The third-order valence-electron chi connectivity index (χ3n) is 3.95. The van der Waals surface area contributed by atoms with Crippen LogP contribution in [0.4, 0.5) is 0 Å². The molecule has 1 aliphatic carbocycles. The lowest BCUT2D eigenvalue weighted by Gasteiger charge is -2.32. The average Bonchev–Trinajstić information content (AvgIpc) is 2.71. The molecule has 0 bridgehead atoms. The smallest absolute Gasteiger partial charge is 0.305 e. The SMILES string of the molecule is CC(C)(C)CC(CN)C(=O)NC1(CC(=O)O)CCCC1. The fraction of sp³-hybridized carbons (Fsp3) is 0.867. The number of carboxylic acids is 1. The second-order valence-corrected chi connectivity index (χ2v) is 7.24. The van der Waals surface area contributed by atoms with Crippen LogP contribution in [0.15, 0.2) is 0 Å². The molecule has 20 heavy (non-hydrogen) atoms. The summed E-state index contributed by atoms with van der Waals surface area (Å²) >= 11 is 0. The summed E-state index contributed by atoms with van der Waals surface area (Å²) < 4.78 is 0. The van der Waals surface area contributed by atoms with Crippen LogP contribution in [0.5, 0.6) is 0 Å². The lowest BCUT2D eigenvalue weighted by Crippen LogP contribution is -2.51. The van der Waals surface area contributed by atoms with Crippen molar-refractivity contribution < 1.29 is 14.7 Å². The third-order valence-corrected chi connectivity index (χ3v) is 3.95. The fourth-order valence-corrected chi connectivity index (χ4v) is 3.07. The number of carbonyl (C=O) groups excluding carboxylic acids is 1. The molecule has 116 valence electrons. The van der Waals surface area contributed by atoms with E-state index in [1.54, 1.807) is 0 Å². The van der Waals surface area contributed by atoms with E-state index in [-0.39, 0.29) is 23.7 Å². The predicted octanol–water partition coefficient (Wildman–Crippen LogP) is 1.90. The summed E-state index contributed by atoms with van der Waals surface area (Å²) in [7, 11) is 0. The largest absolute Gasteiger partial charge is 0.481 e. The average molecular weight is 284 g/mol. The Hall–Kier alpha value is -1.10. The van der Waals surface area contributed by atoms with Gasteiger partial charge >= 0.3 is 5.97 Å². The van der Waals surface area contributed by atoms with Gasteiger partial charge in [-0.15, -0.1) is 0 Å². The predicted molar refractivity (Wildman–Crippen MR) is 78.2 cm³/mol. The van der Waals surface area contributed by atoms with E-state index in [9.17, 15) is 9.59 Å². The molecule has 1 aliphatic rings. The van der Waals surface area contributed by atoms with Gasteiger partial charge in [0.15, 0.2) is 0 Å². The van der Waals surface area contributed by atoms with Crippen molar-refractivity contribution in [2.75, 3.05) is 6.54 Å². The summed E-state index contributed by atoms with van der Waals surface area (Å²) in [4.78, 5) is 23.4. The van der Waals surface area contributed by atoms with Gasteiger partial charge in [-0.05, 0) is 24.7 Å². The Balaban J connectivity index is 2.72. The Kier molecular flexibility index (Phi) is 5.57. The van der Waals surface area contributed by atoms with Crippen LogP contribution in [0.2, 0.25) is 0 Å². The molecule has 0 spiro atoms. The van der Waals surface area contributed by atoms with Crippen molar-refractivity contribution >= 4 is 11.9 Å². The van der Waals surface area contributed by atoms with E-state index in [2.05, 4.69) is 26.1 Å². The van der Waals surface area contributed by atoms with Crippen LogP contribution < -0.4 is 11.1 Å². The van der Waals surface area contributed by atoms with Gasteiger partial charge in [-0.1, -0.05) is 33.6 Å². The van der Waals surface area contributed by atoms with E-state index in [1.807, 2.05) is 0 Å². The molecule has 0 aliphatic heterocycles. The molecule has 0 aromatic rings. The highest BCUT2D eigenvalue weighted by Gasteiger charge is 2.39. The van der Waals surface area contributed by atoms with Gasteiger partial charge in [-0.25, -0.2) is 0 Å². The van der Waals surface area contributed by atoms with Crippen molar-refractivity contribution in [3.63, 3.8) is 0 Å². The minimum atomic E-state index is -0.854. The quantitative estimate of drug-likeness (QED) is 0.694. The molecule has 5 heteroatoms. The topological polar surface area (TPSA) is 92.4 Å². The Morgan fingerprint density at radius 2 is 1.85 bits per heavy atom. The third kappa shape index (κ3) is 5.12. The number of nitrogens with two attached hydrogens (primary N) is 1. The maximum Gasteiger partial charge on any atom is 0.305 e. The standard InChI is InChI=1S/C15H28N2O3/c1-14(2,3)8-11(10-16)13(20)17-15(9-12(18)19)6-4-5-7-15/h11H,4-10,16H2,1-3H3,(H,17,20)(H,18,19). The highest BCUT2D eigenvalue weighted by atomic mass is 16.4. The summed E-state index contributed by atoms with van der Waals surface area (Å²) in [5, 5.41) is 12.1. The molecule has 1 rings (SSSR count). The zero-order chi connectivity index (χ0) is 15.4. The van der Waals surface area contributed by atoms with Crippen molar-refractivity contribution in [3.05, 3.63) is 0 Å². The van der Waals surface area contributed by atoms with Gasteiger partial charge in [-0.2, -0.15) is 0 Å². The Morgan fingerprint density at radius 1 is 1.30 bits per heavy atom. The number of nitrogens with one attached hydrogen (secondary N) is 1. The van der Waals surface area contributed by atoms with E-state index in [4.69, 9.17) is 10.8 Å². The van der Waals surface area contributed by atoms with Crippen LogP contribution in [-0.4, -0.2) is 29.1 Å². The number of hydrogen-bond acceptors (Lipinski definition) is 3. The molecule has 1 fully saturated rings. The summed E-state index contributed by atoms with van der Waals surface area (Å²) in [6, 6.07) is 0. The van der Waals surface area contributed by atoms with Crippen molar-refractivity contribution in [1.82, 2.24) is 5.32 Å². The molecule has 0 saturated heterocycles. The first-order chi connectivity index (χ1) is 9.17. The van der Waals surface area contributed by atoms with Crippen LogP contribution in [0.3, 0.4) is 0 Å². The molecule has 1 atom stereocenters. The number of amides is 1. The van der Waals surface area contributed by atoms with Gasteiger partial charge in [0.05, 0.1) is 17.9 Å². The molecule has 4 N–H and O–H groups in total. The second-order valence-electron chi connectivity index (χ2n) is 7.24. The molecular weight excluding hydrogens is 256 g/mol. The zero-order valence-corrected chi connectivity index (χ0v) is 12.9. The van der Waals surface area contributed by atoms with Gasteiger partial charge in [0.25, 0.3) is 0 Å². The number of hydrogen-bond donors (Lipinski definition) is 3. The zero-order valence-electron chi connectivity index (χ0n) is 12.9. The van der Waals surface area contributed by atoms with Gasteiger partial charge in [-0.3, -0.25) is 9.59 Å². The molecule has 0 heterocycles. The first kappa shape index (κ1) is 17.0. The van der Waals surface area contributed by atoms with Crippen LogP contribution in [-0.2, 0) is 9.59 Å². The summed E-state index contributed by atoms with van der Waals surface area (Å²) in [6.07, 6.45) is 4.15. The van der Waals surface area contributed by atoms with Gasteiger partial charge < -0.3 is 16.2 Å². The Bertz CT molecular complexity index is 355. The summed E-state index contributed by atoms with van der Waals surface area (Å²) in [5.74, 6) is -1.20. The minimum Gasteiger partial charge on any atom is -0.481 e. The molecule has 1 saturated carbocycles. The number of carboxylic acid groups (broad SMARTS) is 1. The molecule has 5 nitrogen and oxygen atoms in total. The molecule has 1 unspecified atom stereocenters. The molecular formula is C15H28N2O3. The van der Waals surface area contributed by atoms with E-state index in [0.29, 0.717) is 13.0 Å². The molecule has 0 radical (unpaired) electrons. The second kappa shape index (κ2) is 6.57. The molecule has 0 aromatic carbocycles. The van der Waals surface area contributed by atoms with Crippen LogP contribution in [0, 0.1) is 11.3 Å². The maximum absolute atomic E-state index is 12.4. The highest BCUT2D eigenvalue weighted by molar-refractivity contribution is 5.81. The maximum atomic E-state index is 12.4. The lowest BCUT2D eigenvalue weighted by atomic mass is 9.83. The lowest BCUT2D eigenvalue weighted by molar-refractivity contribution is -0.139. The van der Waals surface area contributed by atoms with Crippen molar-refractivity contribution in [2.24, 2.45) is 17.1 Å². The minimum absolute atomic E-state index is 0.00551. The van der Waals surface area contributed by atoms with Crippen LogP contribution in [0.25, 0.3) is 0 Å². The van der Waals surface area contributed by atoms with Crippen LogP contribution in [0.1, 0.15) is 59.3 Å². The Morgan fingerprint density at radius 3 is 2.25 bits per heavy atom. The van der Waals surface area contributed by atoms with Crippen LogP contribution >= 0.6 is 0 Å². The number of carbonyl (C=O) groups is 2. The van der Waals surface area contributed by atoms with E-state index < -0.39 is 11.5 Å². The monoisotopic (exact) mass is 284 g/mol. The summed E-state index contributed by atoms with van der Waals surface area (Å²) in [6.45, 7) is 6.52. The van der Waals surface area contributed by atoms with Crippen molar-refractivity contribution in [3.8, 4) is 0 Å². The molecule has 1 amide bonds. The van der Waals surface area contributed by atoms with Gasteiger partial charge in [0.1, 0.15) is 0 Å². The van der Waals surface area contributed by atoms with Crippen molar-refractivity contribution in [2.45, 2.75) is 64.8 Å². The van der Waals surface area contributed by atoms with E-state index >= 15 is 0 Å². The highest BCUT2D eigenvalue weighted by Crippen LogP contribution is 2.33. The van der Waals surface area contributed by atoms with E-state index in [0.717, 1.165) is 25.7 Å². The molecule has 0 aromatic heterocycles. The van der Waals surface area contributed by atoms with Crippen molar-refractivity contribution in [1.29, 1.82) is 0 Å². The number of aliphatic carboxylic acids is 1. The first-order valence-corrected chi connectivity index (χ1v) is 7.41. The summed E-state index contributed by atoms with van der Waals surface area (Å²) in [5.41, 5.74) is 5.19. The van der Waals surface area contributed by atoms with Gasteiger partial charge in [0, 0.05) is 6.54 Å². The first-order valence-electron chi connectivity index (χ1n) is 7.41. The normalized spacial score (nSPS) is 19.6. The Labute approximate surface area is 121 Å². The number of rotatable bonds is 6. The fourth-order valence-electron chi connectivity index (χ4n) is 3.07. The van der Waals surface area contributed by atoms with Gasteiger partial charge in [0.2, 0.25) is 5.91 Å².